The summed E-state index contributed by atoms with van der Waals surface area (Å²) >= 11 is 0. The zero-order chi connectivity index (χ0) is 12.7. The van der Waals surface area contributed by atoms with E-state index >= 15 is 0 Å². The summed E-state index contributed by atoms with van der Waals surface area (Å²) in [6, 6.07) is 4.75. The second-order valence-corrected chi connectivity index (χ2v) is 10.2. The van der Waals surface area contributed by atoms with Crippen molar-refractivity contribution in [3.05, 3.63) is 23.3 Å². The largest absolute Gasteiger partial charge is 3.00 e. The molecule has 1 rings (SSSR count). The number of halogens is 2. The van der Waals surface area contributed by atoms with Crippen molar-refractivity contribution in [3.8, 4) is 0 Å². The molecule has 0 aliphatic carbocycles. The number of hydrogen-bond donors (Lipinski definition) is 0. The quantitative estimate of drug-likeness (QED) is 0.393. The van der Waals surface area contributed by atoms with Crippen LogP contribution in [-0.2, 0) is 32.5 Å². The second kappa shape index (κ2) is 8.34. The van der Waals surface area contributed by atoms with Gasteiger partial charge in [0.25, 0.3) is 0 Å². The van der Waals surface area contributed by atoms with Crippen LogP contribution in [0, 0.1) is 0 Å². The Morgan fingerprint density at radius 2 is 1.37 bits per heavy atom. The molecule has 0 saturated carbocycles. The monoisotopic (exact) mass is 353 g/mol. The molecule has 0 nitrogen and oxygen atoms in total. The minimum Gasteiger partial charge on any atom is -1.00 e. The van der Waals surface area contributed by atoms with Gasteiger partial charge in [0.2, 0.25) is 0 Å². The van der Waals surface area contributed by atoms with Crippen LogP contribution < -0.4 is 30.0 Å². The Morgan fingerprint density at radius 1 is 0.947 bits per heavy atom. The third-order valence-electron chi connectivity index (χ3n) is 3.17. The van der Waals surface area contributed by atoms with Crippen LogP contribution in [0.25, 0.3) is 0 Å². The van der Waals surface area contributed by atoms with Gasteiger partial charge in [0.15, 0.2) is 0 Å². The summed E-state index contributed by atoms with van der Waals surface area (Å²) < 4.78 is 0. The summed E-state index contributed by atoms with van der Waals surface area (Å²) in [7, 11) is -0.719. The van der Waals surface area contributed by atoms with E-state index in [4.69, 9.17) is 0 Å². The SMILES string of the molecule is C[SiH](C)c1cc[c-](C(C)(C)C)c1C(C)(C)C.[Cl-].[Cl-].[Ti+3]. The van der Waals surface area contributed by atoms with Gasteiger partial charge in [0.05, 0.1) is 0 Å². The molecule has 0 bridgehead atoms. The summed E-state index contributed by atoms with van der Waals surface area (Å²) in [6.07, 6.45) is 0. The number of rotatable bonds is 1. The predicted molar refractivity (Wildman–Crippen MR) is 77.9 cm³/mol. The molecule has 1 radical (unpaired) electrons. The summed E-state index contributed by atoms with van der Waals surface area (Å²) in [5, 5.41) is 1.66. The van der Waals surface area contributed by atoms with Crippen LogP contribution in [0.4, 0.5) is 0 Å². The maximum absolute atomic E-state index is 2.43. The molecule has 0 heterocycles. The van der Waals surface area contributed by atoms with Gasteiger partial charge in [-0.15, -0.1) is 5.56 Å². The molecule has 0 fully saturated rings. The van der Waals surface area contributed by atoms with Crippen LogP contribution >= 0.6 is 0 Å². The van der Waals surface area contributed by atoms with Crippen molar-refractivity contribution in [2.45, 2.75) is 65.5 Å². The van der Waals surface area contributed by atoms with E-state index in [2.05, 4.69) is 66.8 Å². The van der Waals surface area contributed by atoms with Gasteiger partial charge in [-0.25, -0.2) is 11.3 Å². The summed E-state index contributed by atoms with van der Waals surface area (Å²) in [5.74, 6) is 0. The molecule has 0 unspecified atom stereocenters. The first kappa shape index (κ1) is 24.9. The van der Waals surface area contributed by atoms with Crippen molar-refractivity contribution in [3.63, 3.8) is 0 Å². The van der Waals surface area contributed by atoms with E-state index in [0.29, 0.717) is 0 Å². The molecule has 0 spiro atoms. The molecule has 0 amide bonds. The van der Waals surface area contributed by atoms with Crippen LogP contribution in [0.5, 0.6) is 0 Å². The Labute approximate surface area is 148 Å². The molecule has 1 aromatic rings. The van der Waals surface area contributed by atoms with Crippen molar-refractivity contribution in [1.82, 2.24) is 0 Å². The molecule has 0 N–H and O–H groups in total. The van der Waals surface area contributed by atoms with Gasteiger partial charge in [0.1, 0.15) is 0 Å². The molecule has 0 saturated heterocycles. The fourth-order valence-electron chi connectivity index (χ4n) is 2.44. The maximum Gasteiger partial charge on any atom is 3.00 e. The first-order valence-corrected chi connectivity index (χ1v) is 9.24. The average molecular weight is 354 g/mol. The molecule has 19 heavy (non-hydrogen) atoms. The Bertz CT molecular complexity index is 370. The third kappa shape index (κ3) is 6.01. The summed E-state index contributed by atoms with van der Waals surface area (Å²) in [4.78, 5) is 0. The van der Waals surface area contributed by atoms with E-state index in [-0.39, 0.29) is 57.4 Å². The molecular weight excluding hydrogens is 327 g/mol. The molecular formula is C15H27Cl2SiTi. The molecule has 109 valence electrons. The third-order valence-corrected chi connectivity index (χ3v) is 4.89. The maximum atomic E-state index is 2.43. The molecule has 1 aromatic carbocycles. The Hall–Kier alpha value is 0.861. The zero-order valence-electron chi connectivity index (χ0n) is 13.5. The minimum atomic E-state index is -0.719. The van der Waals surface area contributed by atoms with Crippen LogP contribution in [-0.4, -0.2) is 8.80 Å². The van der Waals surface area contributed by atoms with Crippen molar-refractivity contribution in [2.75, 3.05) is 0 Å². The van der Waals surface area contributed by atoms with Crippen molar-refractivity contribution >= 4 is 14.0 Å². The van der Waals surface area contributed by atoms with E-state index in [9.17, 15) is 0 Å². The zero-order valence-corrected chi connectivity index (χ0v) is 17.7. The first-order valence-electron chi connectivity index (χ1n) is 6.35. The van der Waals surface area contributed by atoms with E-state index in [0.717, 1.165) is 0 Å². The van der Waals surface area contributed by atoms with Gasteiger partial charge >= 0.3 is 21.7 Å². The van der Waals surface area contributed by atoms with E-state index < -0.39 is 8.80 Å². The predicted octanol–water partition coefficient (Wildman–Crippen LogP) is -2.30. The van der Waals surface area contributed by atoms with E-state index in [1.54, 1.807) is 16.3 Å². The summed E-state index contributed by atoms with van der Waals surface area (Å²) in [6.45, 7) is 18.9. The van der Waals surface area contributed by atoms with Gasteiger partial charge in [0, 0.05) is 0 Å². The first-order chi connectivity index (χ1) is 7.05. The van der Waals surface area contributed by atoms with Crippen LogP contribution in [0.3, 0.4) is 0 Å². The van der Waals surface area contributed by atoms with Crippen LogP contribution in [0.15, 0.2) is 12.1 Å². The van der Waals surface area contributed by atoms with Gasteiger partial charge in [-0.05, 0) is 14.2 Å². The molecule has 0 atom stereocenters. The van der Waals surface area contributed by atoms with Gasteiger partial charge < -0.3 is 24.8 Å². The van der Waals surface area contributed by atoms with Crippen molar-refractivity contribution in [2.24, 2.45) is 0 Å². The van der Waals surface area contributed by atoms with Gasteiger partial charge in [-0.2, -0.15) is 11.6 Å². The Kier molecular flexibility index (Phi) is 10.9. The number of hydrogen-bond acceptors (Lipinski definition) is 0. The van der Waals surface area contributed by atoms with E-state index in [1.165, 1.54) is 0 Å². The average Bonchev–Trinajstić information content (AvgIpc) is 2.43. The van der Waals surface area contributed by atoms with E-state index in [1.807, 2.05) is 0 Å². The smallest absolute Gasteiger partial charge is 1.00 e. The molecule has 4 heteroatoms. The second-order valence-electron chi connectivity index (χ2n) is 7.23. The molecule has 0 aromatic heterocycles. The van der Waals surface area contributed by atoms with Crippen molar-refractivity contribution in [1.29, 1.82) is 0 Å². The fraction of sp³-hybridized carbons (Fsp3) is 0.667. The van der Waals surface area contributed by atoms with Gasteiger partial charge in [-0.3, -0.25) is 0 Å². The Morgan fingerprint density at radius 3 is 1.63 bits per heavy atom. The molecule has 0 aliphatic heterocycles. The van der Waals surface area contributed by atoms with Crippen LogP contribution in [0.2, 0.25) is 13.1 Å². The topological polar surface area (TPSA) is 0 Å². The standard InChI is InChI=1S/C15H27Si.2ClH.Ti/c1-14(2,3)11-9-10-12(16(7)8)13(11)15(4,5)6;;;/h9-10,16H,1-8H3;2*1H;/q-1;;;+3/p-2. The van der Waals surface area contributed by atoms with Crippen LogP contribution in [0.1, 0.15) is 52.7 Å². The van der Waals surface area contributed by atoms with Gasteiger partial charge in [-0.1, -0.05) is 60.1 Å². The molecule has 0 aliphatic rings. The fourth-order valence-corrected chi connectivity index (χ4v) is 4.09. The normalized spacial score (nSPS) is 11.4. The Balaban J connectivity index is -0.000000853. The minimum absolute atomic E-state index is 0. The summed E-state index contributed by atoms with van der Waals surface area (Å²) in [5.41, 5.74) is 3.72. The van der Waals surface area contributed by atoms with Crippen molar-refractivity contribution < 1.29 is 46.5 Å².